The minimum Gasteiger partial charge on any atom is -0.338 e. The van der Waals surface area contributed by atoms with Crippen LogP contribution in [-0.2, 0) is 6.42 Å². The highest BCUT2D eigenvalue weighted by molar-refractivity contribution is 5.90. The Kier molecular flexibility index (Phi) is 4.22. The van der Waals surface area contributed by atoms with E-state index in [0.717, 1.165) is 12.2 Å². The average Bonchev–Trinajstić information content (AvgIpc) is 2.76. The van der Waals surface area contributed by atoms with E-state index < -0.39 is 0 Å². The van der Waals surface area contributed by atoms with Gasteiger partial charge in [0.15, 0.2) is 0 Å². The number of aryl methyl sites for hydroxylation is 1. The molecule has 6 heteroatoms. The molecule has 1 rings (SSSR count). The lowest BCUT2D eigenvalue weighted by molar-refractivity contribution is 0.0729. The molecule has 0 spiro atoms. The molecule has 1 aromatic heterocycles. The Hall–Kier alpha value is -1.43. The summed E-state index contributed by atoms with van der Waals surface area (Å²) >= 11 is 0. The van der Waals surface area contributed by atoms with E-state index in [1.54, 1.807) is 11.9 Å². The fourth-order valence-electron chi connectivity index (χ4n) is 1.50. The maximum Gasteiger partial charge on any atom is 0.293 e. The SMILES string of the molecule is CCc1nc(C(=O)N(C)CC(C)(C)CN)n[nH]1. The summed E-state index contributed by atoms with van der Waals surface area (Å²) in [7, 11) is 1.74. The molecule has 0 saturated carbocycles. The van der Waals surface area contributed by atoms with Gasteiger partial charge in [-0.25, -0.2) is 4.98 Å². The van der Waals surface area contributed by atoms with Crippen LogP contribution < -0.4 is 5.73 Å². The Balaban J connectivity index is 2.69. The summed E-state index contributed by atoms with van der Waals surface area (Å²) in [4.78, 5) is 17.7. The molecule has 0 saturated heterocycles. The Bertz CT molecular complexity index is 385. The third-order valence-corrected chi connectivity index (χ3v) is 2.62. The molecule has 0 fully saturated rings. The zero-order chi connectivity index (χ0) is 13.1. The normalized spacial score (nSPS) is 11.6. The molecule has 6 nitrogen and oxygen atoms in total. The molecule has 0 atom stereocenters. The summed E-state index contributed by atoms with van der Waals surface area (Å²) in [5.74, 6) is 0.763. The number of hydrogen-bond donors (Lipinski definition) is 2. The molecule has 0 bridgehead atoms. The molecule has 1 aromatic rings. The maximum atomic E-state index is 12.0. The van der Waals surface area contributed by atoms with Crippen molar-refractivity contribution in [2.75, 3.05) is 20.1 Å². The molecular weight excluding hydrogens is 218 g/mol. The van der Waals surface area contributed by atoms with E-state index in [0.29, 0.717) is 13.1 Å². The number of nitrogens with two attached hydrogens (primary N) is 1. The van der Waals surface area contributed by atoms with E-state index >= 15 is 0 Å². The summed E-state index contributed by atoms with van der Waals surface area (Å²) in [5.41, 5.74) is 5.54. The monoisotopic (exact) mass is 239 g/mol. The molecule has 1 amide bonds. The summed E-state index contributed by atoms with van der Waals surface area (Å²) in [6.45, 7) is 7.10. The fraction of sp³-hybridized carbons (Fsp3) is 0.727. The van der Waals surface area contributed by atoms with Crippen molar-refractivity contribution in [2.24, 2.45) is 11.1 Å². The van der Waals surface area contributed by atoms with Crippen LogP contribution in [0.3, 0.4) is 0 Å². The smallest absolute Gasteiger partial charge is 0.293 e. The molecule has 0 aliphatic heterocycles. The molecule has 0 unspecified atom stereocenters. The van der Waals surface area contributed by atoms with Gasteiger partial charge in [0, 0.05) is 20.0 Å². The number of nitrogens with zero attached hydrogens (tertiary/aromatic N) is 3. The number of H-pyrrole nitrogens is 1. The number of aromatic nitrogens is 3. The van der Waals surface area contributed by atoms with Gasteiger partial charge in [0.05, 0.1) is 0 Å². The summed E-state index contributed by atoms with van der Waals surface area (Å²) in [6.07, 6.45) is 0.734. The van der Waals surface area contributed by atoms with Crippen molar-refractivity contribution in [1.82, 2.24) is 20.1 Å². The highest BCUT2D eigenvalue weighted by Gasteiger charge is 2.23. The molecule has 3 N–H and O–H groups in total. The van der Waals surface area contributed by atoms with Gasteiger partial charge in [0.25, 0.3) is 5.91 Å². The van der Waals surface area contributed by atoms with Crippen molar-refractivity contribution in [3.8, 4) is 0 Å². The fourth-order valence-corrected chi connectivity index (χ4v) is 1.50. The number of rotatable bonds is 5. The highest BCUT2D eigenvalue weighted by Crippen LogP contribution is 2.14. The standard InChI is InChI=1S/C11H21N5O/c1-5-8-13-9(15-14-8)10(17)16(4)7-11(2,3)6-12/h5-7,12H2,1-4H3,(H,13,14,15). The molecule has 1 heterocycles. The largest absolute Gasteiger partial charge is 0.338 e. The third kappa shape index (κ3) is 3.52. The molecule has 0 aliphatic rings. The second kappa shape index (κ2) is 5.27. The van der Waals surface area contributed by atoms with Gasteiger partial charge in [-0.1, -0.05) is 20.8 Å². The second-order valence-corrected chi connectivity index (χ2v) is 4.99. The Labute approximate surface area is 102 Å². The quantitative estimate of drug-likeness (QED) is 0.779. The molecule has 0 aliphatic carbocycles. The number of amides is 1. The maximum absolute atomic E-state index is 12.0. The highest BCUT2D eigenvalue weighted by atomic mass is 16.2. The summed E-state index contributed by atoms with van der Waals surface area (Å²) in [5, 5.41) is 6.64. The van der Waals surface area contributed by atoms with Crippen LogP contribution in [0, 0.1) is 5.41 Å². The van der Waals surface area contributed by atoms with Gasteiger partial charge in [-0.15, -0.1) is 5.10 Å². The number of nitrogens with one attached hydrogen (secondary N) is 1. The van der Waals surface area contributed by atoms with E-state index in [1.807, 2.05) is 20.8 Å². The average molecular weight is 239 g/mol. The van der Waals surface area contributed by atoms with E-state index in [-0.39, 0.29) is 17.1 Å². The van der Waals surface area contributed by atoms with E-state index in [4.69, 9.17) is 5.73 Å². The van der Waals surface area contributed by atoms with Crippen molar-refractivity contribution in [3.05, 3.63) is 11.6 Å². The molecular formula is C11H21N5O. The van der Waals surface area contributed by atoms with Gasteiger partial charge in [0.1, 0.15) is 5.82 Å². The minimum atomic E-state index is -0.178. The Morgan fingerprint density at radius 3 is 2.65 bits per heavy atom. The second-order valence-electron chi connectivity index (χ2n) is 4.99. The zero-order valence-corrected chi connectivity index (χ0v) is 10.9. The van der Waals surface area contributed by atoms with Crippen LogP contribution in [-0.4, -0.2) is 46.1 Å². The summed E-state index contributed by atoms with van der Waals surface area (Å²) in [6, 6.07) is 0. The molecule has 0 radical (unpaired) electrons. The van der Waals surface area contributed by atoms with Gasteiger partial charge in [-0.05, 0) is 12.0 Å². The number of carbonyl (C=O) groups excluding carboxylic acids is 1. The van der Waals surface area contributed by atoms with E-state index in [1.165, 1.54) is 0 Å². The Morgan fingerprint density at radius 1 is 1.53 bits per heavy atom. The number of carbonyl (C=O) groups is 1. The first-order chi connectivity index (χ1) is 7.89. The lowest BCUT2D eigenvalue weighted by atomic mass is 9.93. The van der Waals surface area contributed by atoms with Crippen LogP contribution in [0.4, 0.5) is 0 Å². The predicted molar refractivity (Wildman–Crippen MR) is 65.6 cm³/mol. The van der Waals surface area contributed by atoms with Crippen LogP contribution >= 0.6 is 0 Å². The molecule has 96 valence electrons. The molecule has 0 aromatic carbocycles. The van der Waals surface area contributed by atoms with Crippen LogP contribution in [0.2, 0.25) is 0 Å². The first-order valence-electron chi connectivity index (χ1n) is 5.76. The van der Waals surface area contributed by atoms with Gasteiger partial charge in [0.2, 0.25) is 5.82 Å². The first kappa shape index (κ1) is 13.6. The van der Waals surface area contributed by atoms with Crippen LogP contribution in [0.5, 0.6) is 0 Å². The van der Waals surface area contributed by atoms with E-state index in [9.17, 15) is 4.79 Å². The Morgan fingerprint density at radius 2 is 2.18 bits per heavy atom. The van der Waals surface area contributed by atoms with Crippen LogP contribution in [0.15, 0.2) is 0 Å². The lowest BCUT2D eigenvalue weighted by Gasteiger charge is -2.28. The lowest BCUT2D eigenvalue weighted by Crippen LogP contribution is -2.40. The van der Waals surface area contributed by atoms with Crippen LogP contribution in [0.1, 0.15) is 37.2 Å². The third-order valence-electron chi connectivity index (χ3n) is 2.62. The van der Waals surface area contributed by atoms with Crippen molar-refractivity contribution in [1.29, 1.82) is 0 Å². The topological polar surface area (TPSA) is 87.9 Å². The zero-order valence-electron chi connectivity index (χ0n) is 10.9. The van der Waals surface area contributed by atoms with Crippen molar-refractivity contribution < 1.29 is 4.79 Å². The van der Waals surface area contributed by atoms with Crippen LogP contribution in [0.25, 0.3) is 0 Å². The van der Waals surface area contributed by atoms with Gasteiger partial charge in [-0.2, -0.15) is 0 Å². The van der Waals surface area contributed by atoms with E-state index in [2.05, 4.69) is 15.2 Å². The van der Waals surface area contributed by atoms with Gasteiger partial charge >= 0.3 is 0 Å². The van der Waals surface area contributed by atoms with Crippen molar-refractivity contribution in [3.63, 3.8) is 0 Å². The van der Waals surface area contributed by atoms with Crippen molar-refractivity contribution in [2.45, 2.75) is 27.2 Å². The number of hydrogen-bond acceptors (Lipinski definition) is 4. The molecule has 17 heavy (non-hydrogen) atoms. The predicted octanol–water partition coefficient (Wildman–Crippen LogP) is 0.424. The summed E-state index contributed by atoms with van der Waals surface area (Å²) < 4.78 is 0. The minimum absolute atomic E-state index is 0.103. The number of aromatic amines is 1. The van der Waals surface area contributed by atoms with Crippen molar-refractivity contribution >= 4 is 5.91 Å². The first-order valence-corrected chi connectivity index (χ1v) is 5.76. The van der Waals surface area contributed by atoms with Gasteiger partial charge < -0.3 is 10.6 Å². The van der Waals surface area contributed by atoms with Gasteiger partial charge in [-0.3, -0.25) is 9.89 Å².